The highest BCUT2D eigenvalue weighted by molar-refractivity contribution is 5.97. The average molecular weight is 711 g/mol. The van der Waals surface area contributed by atoms with Crippen molar-refractivity contribution in [3.8, 4) is 0 Å². The molecule has 2 unspecified atom stereocenters. The van der Waals surface area contributed by atoms with Gasteiger partial charge in [-0.15, -0.1) is 0 Å². The minimum absolute atomic E-state index is 0.0566. The zero-order valence-corrected chi connectivity index (χ0v) is 32.0. The van der Waals surface area contributed by atoms with E-state index in [-0.39, 0.29) is 17.6 Å². The van der Waals surface area contributed by atoms with Gasteiger partial charge in [-0.05, 0) is 86.6 Å². The lowest BCUT2D eigenvalue weighted by atomic mass is 9.91. The van der Waals surface area contributed by atoms with E-state index < -0.39 is 0 Å². The molecule has 0 saturated heterocycles. The molecule has 4 aromatic carbocycles. The number of anilines is 1. The molecule has 53 heavy (non-hydrogen) atoms. The zero-order chi connectivity index (χ0) is 37.2. The molecule has 0 amide bonds. The van der Waals surface area contributed by atoms with Crippen LogP contribution in [0.15, 0.2) is 114 Å². The van der Waals surface area contributed by atoms with Gasteiger partial charge in [0.15, 0.2) is 5.78 Å². The first-order chi connectivity index (χ1) is 25.8. The Bertz CT molecular complexity index is 1940. The van der Waals surface area contributed by atoms with E-state index in [1.165, 1.54) is 75.3 Å². The van der Waals surface area contributed by atoms with E-state index >= 15 is 0 Å². The Kier molecular flexibility index (Phi) is 13.3. The minimum atomic E-state index is 0.0566. The molecule has 1 heterocycles. The number of Topliss-reactive ketones (excluding diaryl/α,β-unsaturated/α-hetero) is 1. The Labute approximate surface area is 316 Å². The number of aromatic nitrogens is 2. The molecule has 2 N–H and O–H groups in total. The van der Waals surface area contributed by atoms with Gasteiger partial charge < -0.3 is 10.6 Å². The number of nitrogens with zero attached hydrogens (tertiary/aromatic N) is 3. The van der Waals surface area contributed by atoms with Crippen LogP contribution in [0.3, 0.4) is 0 Å². The van der Waals surface area contributed by atoms with Gasteiger partial charge in [-0.2, -0.15) is 0 Å². The highest BCUT2D eigenvalue weighted by Crippen LogP contribution is 2.38. The van der Waals surface area contributed by atoms with E-state index in [0.29, 0.717) is 23.0 Å². The lowest BCUT2D eigenvalue weighted by molar-refractivity contribution is 0.0923. The summed E-state index contributed by atoms with van der Waals surface area (Å²) in [6, 6.07) is 36.9. The molecule has 1 aromatic heterocycles. The van der Waals surface area contributed by atoms with Crippen LogP contribution in [0.2, 0.25) is 0 Å². The van der Waals surface area contributed by atoms with Gasteiger partial charge in [-0.1, -0.05) is 130 Å². The standard InChI is InChI=1S/C23H27N3O.C12H17N.C12H14O/c1-16-24-21-14-13-19(25(2)3)15-20(21)23(27)26(16)22(18-11-7-8-12-18)17-9-5-4-6-10-17;2*13-12(11-8-4-5-9-11)10-6-2-1-3-7-10/h4-6,9-10,13-15,18,22H,7-8,11-12H2,1-3H3;1-3,6-7,11-12H,4-5,8-9,13H2;1-3,6-7,11H,4-5,8-9H2. The number of ketones is 1. The molecule has 278 valence electrons. The van der Waals surface area contributed by atoms with Crippen molar-refractivity contribution in [1.82, 2.24) is 9.55 Å². The predicted octanol–water partition coefficient (Wildman–Crippen LogP) is 10.5. The fourth-order valence-electron chi connectivity index (χ4n) is 8.75. The van der Waals surface area contributed by atoms with E-state index in [1.807, 2.05) is 91.1 Å². The third kappa shape index (κ3) is 9.52. The van der Waals surface area contributed by atoms with Crippen LogP contribution in [0.5, 0.6) is 0 Å². The van der Waals surface area contributed by atoms with E-state index in [0.717, 1.165) is 41.4 Å². The summed E-state index contributed by atoms with van der Waals surface area (Å²) >= 11 is 0. The molecular formula is C47H58N4O2. The Morgan fingerprint density at radius 2 is 1.21 bits per heavy atom. The van der Waals surface area contributed by atoms with Gasteiger partial charge in [-0.3, -0.25) is 14.2 Å². The molecule has 0 bridgehead atoms. The predicted molar refractivity (Wildman–Crippen MR) is 220 cm³/mol. The van der Waals surface area contributed by atoms with Crippen molar-refractivity contribution in [3.63, 3.8) is 0 Å². The van der Waals surface area contributed by atoms with Crippen molar-refractivity contribution in [2.45, 2.75) is 96.1 Å². The second kappa shape index (κ2) is 18.5. The summed E-state index contributed by atoms with van der Waals surface area (Å²) in [5, 5.41) is 0.700. The average Bonchev–Trinajstić information content (AvgIpc) is 4.03. The molecular weight excluding hydrogens is 653 g/mol. The fourth-order valence-corrected chi connectivity index (χ4v) is 8.75. The second-order valence-corrected chi connectivity index (χ2v) is 15.5. The van der Waals surface area contributed by atoms with Crippen LogP contribution in [-0.4, -0.2) is 29.4 Å². The summed E-state index contributed by atoms with van der Waals surface area (Å²) in [7, 11) is 3.99. The van der Waals surface area contributed by atoms with Gasteiger partial charge in [0.05, 0.1) is 16.9 Å². The Morgan fingerprint density at radius 3 is 1.77 bits per heavy atom. The van der Waals surface area contributed by atoms with Crippen molar-refractivity contribution in [2.24, 2.45) is 23.5 Å². The molecule has 0 aliphatic heterocycles. The minimum Gasteiger partial charge on any atom is -0.378 e. The van der Waals surface area contributed by atoms with Gasteiger partial charge >= 0.3 is 0 Å². The largest absolute Gasteiger partial charge is 0.378 e. The van der Waals surface area contributed by atoms with E-state index in [2.05, 4.69) is 48.5 Å². The van der Waals surface area contributed by atoms with Crippen LogP contribution in [0.25, 0.3) is 10.9 Å². The Balaban J connectivity index is 0.000000154. The molecule has 8 rings (SSSR count). The van der Waals surface area contributed by atoms with E-state index in [9.17, 15) is 9.59 Å². The molecule has 2 atom stereocenters. The lowest BCUT2D eigenvalue weighted by Crippen LogP contribution is -2.32. The van der Waals surface area contributed by atoms with Crippen LogP contribution < -0.4 is 16.2 Å². The molecule has 3 saturated carbocycles. The molecule has 6 heteroatoms. The first-order valence-corrected chi connectivity index (χ1v) is 20.0. The fraction of sp³-hybridized carbons (Fsp3) is 0.426. The molecule has 0 spiro atoms. The number of hydrogen-bond acceptors (Lipinski definition) is 5. The third-order valence-corrected chi connectivity index (χ3v) is 11.7. The molecule has 3 fully saturated rings. The topological polar surface area (TPSA) is 81.2 Å². The van der Waals surface area contributed by atoms with Gasteiger partial charge in [0.1, 0.15) is 5.82 Å². The molecule has 3 aliphatic carbocycles. The van der Waals surface area contributed by atoms with Crippen molar-refractivity contribution >= 4 is 22.4 Å². The Morgan fingerprint density at radius 1 is 0.698 bits per heavy atom. The number of aryl methyl sites for hydroxylation is 1. The zero-order valence-electron chi connectivity index (χ0n) is 32.0. The number of rotatable bonds is 8. The normalized spacial score (nSPS) is 17.4. The van der Waals surface area contributed by atoms with Crippen LogP contribution in [0.1, 0.15) is 116 Å². The number of benzene rings is 4. The summed E-state index contributed by atoms with van der Waals surface area (Å²) in [5.41, 5.74) is 11.5. The number of hydrogen-bond donors (Lipinski definition) is 1. The summed E-state index contributed by atoms with van der Waals surface area (Å²) in [6.45, 7) is 1.96. The van der Waals surface area contributed by atoms with Crippen LogP contribution >= 0.6 is 0 Å². The highest BCUT2D eigenvalue weighted by Gasteiger charge is 2.30. The number of carbonyl (C=O) groups is 1. The second-order valence-electron chi connectivity index (χ2n) is 15.5. The summed E-state index contributed by atoms with van der Waals surface area (Å²) in [6.07, 6.45) is 14.8. The monoisotopic (exact) mass is 710 g/mol. The van der Waals surface area contributed by atoms with E-state index in [1.54, 1.807) is 0 Å². The molecule has 0 radical (unpaired) electrons. The summed E-state index contributed by atoms with van der Waals surface area (Å²) in [5.74, 6) is 2.66. The van der Waals surface area contributed by atoms with Crippen molar-refractivity contribution < 1.29 is 4.79 Å². The van der Waals surface area contributed by atoms with Gasteiger partial charge in [0.2, 0.25) is 0 Å². The van der Waals surface area contributed by atoms with Gasteiger partial charge in [0.25, 0.3) is 5.56 Å². The molecule has 5 aromatic rings. The first-order valence-electron chi connectivity index (χ1n) is 20.0. The van der Waals surface area contributed by atoms with Gasteiger partial charge in [0, 0.05) is 37.3 Å². The highest BCUT2D eigenvalue weighted by atomic mass is 16.1. The number of carbonyl (C=O) groups excluding carboxylic acids is 1. The van der Waals surface area contributed by atoms with Gasteiger partial charge in [-0.25, -0.2) is 4.98 Å². The van der Waals surface area contributed by atoms with Crippen molar-refractivity contribution in [1.29, 1.82) is 0 Å². The SMILES string of the molecule is Cc1nc2ccc(N(C)C)cc2c(=O)n1C(c1ccccc1)C1CCCC1.NC(c1ccccc1)C1CCCC1.O=C(c1ccccc1)C1CCCC1. The third-order valence-electron chi connectivity index (χ3n) is 11.7. The van der Waals surface area contributed by atoms with E-state index in [4.69, 9.17) is 10.7 Å². The summed E-state index contributed by atoms with van der Waals surface area (Å²) in [4.78, 5) is 32.3. The molecule has 6 nitrogen and oxygen atoms in total. The number of fused-ring (bicyclic) bond motifs is 1. The van der Waals surface area contributed by atoms with Crippen LogP contribution in [0, 0.1) is 24.7 Å². The summed E-state index contributed by atoms with van der Waals surface area (Å²) < 4.78 is 1.95. The van der Waals surface area contributed by atoms with Crippen LogP contribution in [-0.2, 0) is 0 Å². The Hall–Kier alpha value is -4.55. The van der Waals surface area contributed by atoms with Crippen molar-refractivity contribution in [2.75, 3.05) is 19.0 Å². The first kappa shape index (κ1) is 38.2. The number of nitrogens with two attached hydrogens (primary N) is 1. The maximum absolute atomic E-state index is 13.6. The maximum Gasteiger partial charge on any atom is 0.262 e. The lowest BCUT2D eigenvalue weighted by Gasteiger charge is -2.28. The quantitative estimate of drug-likeness (QED) is 0.162. The molecule has 3 aliphatic rings. The smallest absolute Gasteiger partial charge is 0.262 e. The maximum atomic E-state index is 13.6. The van der Waals surface area contributed by atoms with Crippen LogP contribution in [0.4, 0.5) is 5.69 Å². The van der Waals surface area contributed by atoms with Crippen molar-refractivity contribution in [3.05, 3.63) is 142 Å².